The quantitative estimate of drug-likeness (QED) is 0.394. The molecule has 1 aromatic rings. The van der Waals surface area contributed by atoms with Crippen molar-refractivity contribution in [2.75, 3.05) is 26.2 Å². The van der Waals surface area contributed by atoms with E-state index in [0.717, 1.165) is 4.90 Å². The van der Waals surface area contributed by atoms with Crippen LogP contribution in [-0.2, 0) is 19.2 Å². The number of nitrogens with zero attached hydrogens (tertiary/aromatic N) is 2. The Kier molecular flexibility index (Phi) is 7.82. The van der Waals surface area contributed by atoms with Crippen LogP contribution >= 0.6 is 11.8 Å². The maximum atomic E-state index is 13.1. The molecule has 5 amide bonds. The number of carboxylic acids is 1. The third-order valence-corrected chi connectivity index (χ3v) is 7.23. The molecule has 0 saturated carbocycles. The van der Waals surface area contributed by atoms with Crippen molar-refractivity contribution >= 4 is 41.5 Å². The van der Waals surface area contributed by atoms with E-state index in [-0.39, 0.29) is 25.0 Å². The molecule has 12 heteroatoms. The second-order valence-corrected chi connectivity index (χ2v) is 10.4. The Morgan fingerprint density at radius 1 is 1.18 bits per heavy atom. The number of carbonyl (C=O) groups is 5. The van der Waals surface area contributed by atoms with Gasteiger partial charge in [0, 0.05) is 30.9 Å². The minimum atomic E-state index is -1.12. The SMILES string of the molecule is CCN1CCN(C(=O)NC(C(=O)NCC2N[C@@H](C(=O)O)C(C)(C)S2)c2ccccc2)C(=O)C1=O. The lowest BCUT2D eigenvalue weighted by Crippen LogP contribution is -2.59. The first-order valence-electron chi connectivity index (χ1n) is 11.0. The molecule has 2 fully saturated rings. The van der Waals surface area contributed by atoms with Crippen molar-refractivity contribution in [3.05, 3.63) is 35.9 Å². The summed E-state index contributed by atoms with van der Waals surface area (Å²) in [7, 11) is 0. The van der Waals surface area contributed by atoms with Crippen molar-refractivity contribution < 1.29 is 29.1 Å². The molecule has 1 aromatic carbocycles. The van der Waals surface area contributed by atoms with Gasteiger partial charge >= 0.3 is 23.8 Å². The van der Waals surface area contributed by atoms with Crippen LogP contribution in [0.15, 0.2) is 30.3 Å². The maximum Gasteiger partial charge on any atom is 0.325 e. The number of imide groups is 1. The fourth-order valence-electron chi connectivity index (χ4n) is 3.94. The average molecular weight is 492 g/mol. The van der Waals surface area contributed by atoms with E-state index < -0.39 is 46.6 Å². The van der Waals surface area contributed by atoms with Gasteiger partial charge in [-0.25, -0.2) is 4.79 Å². The first kappa shape index (κ1) is 25.5. The van der Waals surface area contributed by atoms with Gasteiger partial charge in [-0.1, -0.05) is 30.3 Å². The number of nitrogens with one attached hydrogen (secondary N) is 3. The molecule has 0 spiro atoms. The van der Waals surface area contributed by atoms with Crippen LogP contribution in [0, 0.1) is 0 Å². The molecule has 0 aliphatic carbocycles. The number of thioether (sulfide) groups is 1. The number of urea groups is 1. The third kappa shape index (κ3) is 5.50. The number of hydrogen-bond acceptors (Lipinski definition) is 7. The number of benzene rings is 1. The van der Waals surface area contributed by atoms with Crippen LogP contribution < -0.4 is 16.0 Å². The normalized spacial score (nSPS) is 22.9. The van der Waals surface area contributed by atoms with Crippen LogP contribution in [0.4, 0.5) is 4.79 Å². The molecule has 2 heterocycles. The lowest BCUT2D eigenvalue weighted by Gasteiger charge is -2.32. The Hall–Kier alpha value is -3.12. The molecule has 0 bridgehead atoms. The predicted octanol–water partition coefficient (Wildman–Crippen LogP) is 0.139. The zero-order valence-electron chi connectivity index (χ0n) is 19.2. The summed E-state index contributed by atoms with van der Waals surface area (Å²) in [5, 5.41) is 17.4. The molecule has 2 aliphatic rings. The second kappa shape index (κ2) is 10.4. The number of aliphatic carboxylic acids is 1. The number of carbonyl (C=O) groups excluding carboxylic acids is 4. The van der Waals surface area contributed by atoms with Crippen molar-refractivity contribution in [1.29, 1.82) is 0 Å². The Balaban J connectivity index is 1.69. The summed E-state index contributed by atoms with van der Waals surface area (Å²) in [6.07, 6.45) is 0. The van der Waals surface area contributed by atoms with Crippen molar-refractivity contribution in [3.63, 3.8) is 0 Å². The van der Waals surface area contributed by atoms with E-state index in [0.29, 0.717) is 12.1 Å². The Labute approximate surface area is 201 Å². The van der Waals surface area contributed by atoms with Gasteiger partial charge in [-0.05, 0) is 26.3 Å². The highest BCUT2D eigenvalue weighted by molar-refractivity contribution is 8.01. The number of piperazine rings is 1. The Morgan fingerprint density at radius 3 is 2.44 bits per heavy atom. The van der Waals surface area contributed by atoms with Gasteiger partial charge in [0.25, 0.3) is 0 Å². The summed E-state index contributed by atoms with van der Waals surface area (Å²) < 4.78 is -0.568. The zero-order chi connectivity index (χ0) is 25.0. The van der Waals surface area contributed by atoms with Gasteiger partial charge in [-0.15, -0.1) is 11.8 Å². The van der Waals surface area contributed by atoms with Gasteiger partial charge in [-0.3, -0.25) is 29.4 Å². The van der Waals surface area contributed by atoms with Crippen LogP contribution in [0.25, 0.3) is 0 Å². The highest BCUT2D eigenvalue weighted by Gasteiger charge is 2.45. The molecule has 3 atom stereocenters. The summed E-state index contributed by atoms with van der Waals surface area (Å²) >= 11 is 1.40. The first-order valence-corrected chi connectivity index (χ1v) is 11.8. The number of likely N-dealkylation sites (N-methyl/N-ethyl adjacent to an activating group) is 1. The highest BCUT2D eigenvalue weighted by atomic mass is 32.2. The van der Waals surface area contributed by atoms with Gasteiger partial charge in [0.05, 0.1) is 5.37 Å². The summed E-state index contributed by atoms with van der Waals surface area (Å²) in [6.45, 7) is 6.12. The van der Waals surface area contributed by atoms with Gasteiger partial charge < -0.3 is 20.6 Å². The molecule has 2 aliphatic heterocycles. The monoisotopic (exact) mass is 491 g/mol. The van der Waals surface area contributed by atoms with Crippen molar-refractivity contribution in [3.8, 4) is 0 Å². The van der Waals surface area contributed by atoms with E-state index in [1.165, 1.54) is 16.7 Å². The molecule has 2 unspecified atom stereocenters. The fourth-order valence-corrected chi connectivity index (χ4v) is 5.35. The van der Waals surface area contributed by atoms with Crippen LogP contribution in [0.5, 0.6) is 0 Å². The summed E-state index contributed by atoms with van der Waals surface area (Å²) in [5.41, 5.74) is 0.495. The van der Waals surface area contributed by atoms with E-state index in [2.05, 4.69) is 16.0 Å². The predicted molar refractivity (Wildman–Crippen MR) is 125 cm³/mol. The molecule has 2 saturated heterocycles. The molecular weight excluding hydrogens is 462 g/mol. The standard InChI is InChI=1S/C22H29N5O6S/c1-4-26-10-11-27(19(30)18(26)29)21(33)25-15(13-8-6-5-7-9-13)17(28)23-12-14-24-16(20(31)32)22(2,3)34-14/h5-9,14-16,24H,4,10-12H2,1-3H3,(H,23,28)(H,25,33)(H,31,32)/t14?,15?,16-/m0/s1. The number of amides is 5. The Morgan fingerprint density at radius 2 is 1.85 bits per heavy atom. The number of rotatable bonds is 7. The molecule has 11 nitrogen and oxygen atoms in total. The summed E-state index contributed by atoms with van der Waals surface area (Å²) in [4.78, 5) is 64.1. The maximum absolute atomic E-state index is 13.1. The third-order valence-electron chi connectivity index (χ3n) is 5.80. The van der Waals surface area contributed by atoms with Gasteiger partial charge in [0.15, 0.2) is 0 Å². The molecule has 184 valence electrons. The molecule has 4 N–H and O–H groups in total. The molecule has 0 aromatic heterocycles. The van der Waals surface area contributed by atoms with E-state index in [9.17, 15) is 29.1 Å². The number of carboxylic acid groups (broad SMARTS) is 1. The van der Waals surface area contributed by atoms with Crippen molar-refractivity contribution in [2.24, 2.45) is 0 Å². The Bertz CT molecular complexity index is 972. The fraction of sp³-hybridized carbons (Fsp3) is 0.500. The van der Waals surface area contributed by atoms with Crippen molar-refractivity contribution in [1.82, 2.24) is 25.8 Å². The van der Waals surface area contributed by atoms with E-state index >= 15 is 0 Å². The van der Waals surface area contributed by atoms with E-state index in [1.807, 2.05) is 13.8 Å². The van der Waals surface area contributed by atoms with Crippen LogP contribution in [0.3, 0.4) is 0 Å². The summed E-state index contributed by atoms with van der Waals surface area (Å²) in [5.74, 6) is -3.19. The minimum Gasteiger partial charge on any atom is -0.480 e. The minimum absolute atomic E-state index is 0.0294. The van der Waals surface area contributed by atoms with Gasteiger partial charge in [-0.2, -0.15) is 0 Å². The molecule has 34 heavy (non-hydrogen) atoms. The van der Waals surface area contributed by atoms with E-state index in [1.54, 1.807) is 37.3 Å². The second-order valence-electron chi connectivity index (χ2n) is 8.53. The molecular formula is C22H29N5O6S. The lowest BCUT2D eigenvalue weighted by molar-refractivity contribution is -0.153. The topological polar surface area (TPSA) is 148 Å². The van der Waals surface area contributed by atoms with Crippen molar-refractivity contribution in [2.45, 2.75) is 43.0 Å². The van der Waals surface area contributed by atoms with Gasteiger partial charge in [0.2, 0.25) is 5.91 Å². The number of hydrogen-bond donors (Lipinski definition) is 4. The van der Waals surface area contributed by atoms with E-state index in [4.69, 9.17) is 0 Å². The highest BCUT2D eigenvalue weighted by Crippen LogP contribution is 2.37. The summed E-state index contributed by atoms with van der Waals surface area (Å²) in [6, 6.07) is 5.80. The average Bonchev–Trinajstić information content (AvgIpc) is 3.12. The van der Waals surface area contributed by atoms with Crippen LogP contribution in [-0.4, -0.2) is 87.0 Å². The molecule has 0 radical (unpaired) electrons. The van der Waals surface area contributed by atoms with Gasteiger partial charge in [0.1, 0.15) is 12.1 Å². The molecule has 3 rings (SSSR count). The van der Waals surface area contributed by atoms with Crippen LogP contribution in [0.1, 0.15) is 32.4 Å². The lowest BCUT2D eigenvalue weighted by atomic mass is 10.0. The smallest absolute Gasteiger partial charge is 0.325 e. The van der Waals surface area contributed by atoms with Crippen LogP contribution in [0.2, 0.25) is 0 Å². The largest absolute Gasteiger partial charge is 0.480 e. The first-order chi connectivity index (χ1) is 16.0. The zero-order valence-corrected chi connectivity index (χ0v) is 20.1.